The zero-order chi connectivity index (χ0) is 25.7. The number of aliphatic hydroxyl groups excluding tert-OH is 2. The number of aromatic nitrogens is 3. The van der Waals surface area contributed by atoms with Crippen LogP contribution in [-0.2, 0) is 16.0 Å². The maximum absolute atomic E-state index is 14.7. The van der Waals surface area contributed by atoms with E-state index in [0.717, 1.165) is 12.1 Å². The Balaban J connectivity index is 1.14. The standard InChI is InChI=1S/C23H24ClF2N5O6/c24-11-5-14-21(31-23(29-14)37-17-8-35-18-15(32)7-34-19(17)18)30-20(11)28-6-10-12(25)3-9(4-13(10)26)36-16-1-2-27-22(16)33/h3-5,15-19,22,27,32-33H,1-2,6-8H2,(H2,28,29,30,31)/t15-,16?,17-,18-,19-,22?/m1/s1. The third-order valence-electron chi connectivity index (χ3n) is 6.62. The van der Waals surface area contributed by atoms with E-state index in [2.05, 4.69) is 25.6 Å². The van der Waals surface area contributed by atoms with Gasteiger partial charge in [0, 0.05) is 37.2 Å². The van der Waals surface area contributed by atoms with Crippen molar-refractivity contribution >= 4 is 28.6 Å². The zero-order valence-corrected chi connectivity index (χ0v) is 20.0. The van der Waals surface area contributed by atoms with E-state index >= 15 is 0 Å². The van der Waals surface area contributed by atoms with Gasteiger partial charge in [-0.25, -0.2) is 13.8 Å². The van der Waals surface area contributed by atoms with Crippen LogP contribution in [-0.4, -0.2) is 81.7 Å². The Morgan fingerprint density at radius 3 is 2.59 bits per heavy atom. The second-order valence-electron chi connectivity index (χ2n) is 9.11. The van der Waals surface area contributed by atoms with Crippen molar-refractivity contribution in [1.82, 2.24) is 20.3 Å². The van der Waals surface area contributed by atoms with Gasteiger partial charge in [-0.1, -0.05) is 11.6 Å². The molecular weight excluding hydrogens is 516 g/mol. The predicted octanol–water partition coefficient (Wildman–Crippen LogP) is 1.47. The molecule has 2 aromatic heterocycles. The third-order valence-corrected chi connectivity index (χ3v) is 6.91. The fourth-order valence-corrected chi connectivity index (χ4v) is 4.93. The van der Waals surface area contributed by atoms with Crippen LogP contribution in [0.1, 0.15) is 12.0 Å². The van der Waals surface area contributed by atoms with Gasteiger partial charge in [0.05, 0.1) is 23.8 Å². The molecular formula is C23H24ClF2N5O6. The minimum Gasteiger partial charge on any atom is -0.486 e. The molecule has 6 rings (SSSR count). The first kappa shape index (κ1) is 24.5. The predicted molar refractivity (Wildman–Crippen MR) is 126 cm³/mol. The summed E-state index contributed by atoms with van der Waals surface area (Å²) in [5.74, 6) is -1.46. The van der Waals surface area contributed by atoms with Crippen LogP contribution >= 0.6 is 11.6 Å². The van der Waals surface area contributed by atoms with Crippen LogP contribution in [0.5, 0.6) is 11.8 Å². The van der Waals surface area contributed by atoms with Crippen LogP contribution in [0.3, 0.4) is 0 Å². The molecule has 5 N–H and O–H groups in total. The maximum Gasteiger partial charge on any atom is 0.296 e. The summed E-state index contributed by atoms with van der Waals surface area (Å²) in [6.45, 7) is 0.734. The Morgan fingerprint density at radius 1 is 1.05 bits per heavy atom. The molecule has 0 spiro atoms. The van der Waals surface area contributed by atoms with Crippen LogP contribution in [0.2, 0.25) is 5.02 Å². The van der Waals surface area contributed by atoms with Crippen molar-refractivity contribution in [1.29, 1.82) is 0 Å². The molecule has 3 aliphatic heterocycles. The molecule has 0 bridgehead atoms. The highest BCUT2D eigenvalue weighted by Crippen LogP contribution is 2.31. The molecule has 6 atom stereocenters. The molecule has 0 aliphatic carbocycles. The minimum absolute atomic E-state index is 0.00961. The molecule has 3 aliphatic rings. The summed E-state index contributed by atoms with van der Waals surface area (Å²) in [7, 11) is 0. The molecule has 0 amide bonds. The van der Waals surface area contributed by atoms with Crippen LogP contribution in [0.25, 0.3) is 11.2 Å². The number of nitrogens with one attached hydrogen (secondary N) is 3. The topological polar surface area (TPSA) is 143 Å². The van der Waals surface area contributed by atoms with Crippen molar-refractivity contribution < 1.29 is 37.9 Å². The number of H-pyrrole nitrogens is 1. The molecule has 3 saturated heterocycles. The van der Waals surface area contributed by atoms with Crippen LogP contribution in [0.4, 0.5) is 14.6 Å². The van der Waals surface area contributed by atoms with E-state index < -0.39 is 48.4 Å². The number of hydrogen-bond donors (Lipinski definition) is 5. The van der Waals surface area contributed by atoms with E-state index in [9.17, 15) is 19.0 Å². The normalized spacial score (nSPS) is 29.1. The molecule has 2 unspecified atom stereocenters. The summed E-state index contributed by atoms with van der Waals surface area (Å²) < 4.78 is 51.9. The van der Waals surface area contributed by atoms with E-state index in [-0.39, 0.29) is 53.6 Å². The van der Waals surface area contributed by atoms with E-state index in [0.29, 0.717) is 18.5 Å². The molecule has 5 heterocycles. The molecule has 14 heteroatoms. The van der Waals surface area contributed by atoms with Crippen molar-refractivity contribution in [3.05, 3.63) is 40.4 Å². The number of anilines is 1. The Morgan fingerprint density at radius 2 is 1.84 bits per heavy atom. The molecule has 11 nitrogen and oxygen atoms in total. The molecule has 3 fully saturated rings. The van der Waals surface area contributed by atoms with Gasteiger partial charge in [-0.2, -0.15) is 4.98 Å². The maximum atomic E-state index is 14.7. The summed E-state index contributed by atoms with van der Waals surface area (Å²) in [4.78, 5) is 11.6. The smallest absolute Gasteiger partial charge is 0.296 e. The first-order valence-electron chi connectivity index (χ1n) is 11.8. The fourth-order valence-electron chi connectivity index (χ4n) is 4.71. The van der Waals surface area contributed by atoms with Crippen molar-refractivity contribution in [2.45, 2.75) is 49.7 Å². The highest BCUT2D eigenvalue weighted by atomic mass is 35.5. The number of fused-ring (bicyclic) bond motifs is 2. The lowest BCUT2D eigenvalue weighted by atomic mass is 10.1. The average molecular weight is 540 g/mol. The van der Waals surface area contributed by atoms with Crippen molar-refractivity contribution in [2.75, 3.05) is 25.1 Å². The monoisotopic (exact) mass is 539 g/mol. The summed E-state index contributed by atoms with van der Waals surface area (Å²) >= 11 is 6.33. The number of pyridine rings is 1. The van der Waals surface area contributed by atoms with E-state index in [1.165, 1.54) is 0 Å². The van der Waals surface area contributed by atoms with Gasteiger partial charge in [-0.05, 0) is 6.07 Å². The molecule has 0 saturated carbocycles. The lowest BCUT2D eigenvalue weighted by molar-refractivity contribution is 0.00706. The van der Waals surface area contributed by atoms with Gasteiger partial charge >= 0.3 is 0 Å². The quantitative estimate of drug-likeness (QED) is 0.299. The first-order valence-corrected chi connectivity index (χ1v) is 12.2. The molecule has 198 valence electrons. The number of ether oxygens (including phenoxy) is 4. The summed E-state index contributed by atoms with van der Waals surface area (Å²) in [6.07, 6.45) is -2.95. The highest BCUT2D eigenvalue weighted by molar-refractivity contribution is 6.33. The van der Waals surface area contributed by atoms with E-state index in [4.69, 9.17) is 30.5 Å². The fraction of sp³-hybridized carbons (Fsp3) is 0.478. The second kappa shape index (κ2) is 9.82. The first-order chi connectivity index (χ1) is 17.9. The SMILES string of the molecule is OC1NCCC1Oc1cc(F)c(CNc2nc3nc(O[C@@H]4CO[C@H]5[C@@H]4OC[C@H]5O)[nH]c3cc2Cl)c(F)c1. The Bertz CT molecular complexity index is 1290. The number of benzene rings is 1. The zero-order valence-electron chi connectivity index (χ0n) is 19.3. The number of aliphatic hydroxyl groups is 2. The van der Waals surface area contributed by atoms with Gasteiger partial charge in [0.1, 0.15) is 53.8 Å². The number of halogens is 3. The molecule has 37 heavy (non-hydrogen) atoms. The van der Waals surface area contributed by atoms with Crippen molar-refractivity contribution in [3.8, 4) is 11.8 Å². The van der Waals surface area contributed by atoms with Gasteiger partial charge < -0.3 is 39.5 Å². The number of hydrogen-bond acceptors (Lipinski definition) is 10. The molecule has 0 radical (unpaired) electrons. The van der Waals surface area contributed by atoms with Crippen molar-refractivity contribution in [2.24, 2.45) is 0 Å². The van der Waals surface area contributed by atoms with Crippen molar-refractivity contribution in [3.63, 3.8) is 0 Å². The van der Waals surface area contributed by atoms with E-state index in [1.807, 2.05) is 0 Å². The summed E-state index contributed by atoms with van der Waals surface area (Å²) in [6, 6.07) is 3.89. The van der Waals surface area contributed by atoms with Crippen LogP contribution in [0.15, 0.2) is 18.2 Å². The second-order valence-corrected chi connectivity index (χ2v) is 9.52. The lowest BCUT2D eigenvalue weighted by Gasteiger charge is -2.17. The Labute approximate surface area is 214 Å². The number of imidazole rings is 1. The summed E-state index contributed by atoms with van der Waals surface area (Å²) in [5.41, 5.74) is 0.546. The van der Waals surface area contributed by atoms with Gasteiger partial charge in [0.2, 0.25) is 0 Å². The Kier molecular flexibility index (Phi) is 6.51. The van der Waals surface area contributed by atoms with E-state index in [1.54, 1.807) is 6.07 Å². The van der Waals surface area contributed by atoms with Gasteiger partial charge in [-0.3, -0.25) is 5.32 Å². The lowest BCUT2D eigenvalue weighted by Crippen LogP contribution is -2.34. The Hall–Kier alpha value is -2.81. The van der Waals surface area contributed by atoms with Gasteiger partial charge in [0.25, 0.3) is 6.01 Å². The average Bonchev–Trinajstić information content (AvgIpc) is 3.62. The number of aromatic amines is 1. The largest absolute Gasteiger partial charge is 0.486 e. The third kappa shape index (κ3) is 4.78. The molecule has 3 aromatic rings. The van der Waals surface area contributed by atoms with Crippen LogP contribution < -0.4 is 20.1 Å². The number of rotatable bonds is 7. The molecule has 1 aromatic carbocycles. The van der Waals surface area contributed by atoms with Gasteiger partial charge in [0.15, 0.2) is 11.8 Å². The highest BCUT2D eigenvalue weighted by Gasteiger charge is 2.48. The van der Waals surface area contributed by atoms with Gasteiger partial charge in [-0.15, -0.1) is 0 Å². The number of nitrogens with zero attached hydrogens (tertiary/aromatic N) is 2. The minimum atomic E-state index is -0.893. The summed E-state index contributed by atoms with van der Waals surface area (Å²) in [5, 5.41) is 25.5. The van der Waals surface area contributed by atoms with Crippen LogP contribution in [0, 0.1) is 11.6 Å².